The van der Waals surface area contributed by atoms with Crippen LogP contribution >= 0.6 is 22.7 Å². The molecule has 142 valence electrons. The minimum atomic E-state index is -0.508. The fourth-order valence-electron chi connectivity index (χ4n) is 3.35. The Kier molecular flexibility index (Phi) is 4.35. The number of carbonyl (C=O) groups is 1. The Bertz CT molecular complexity index is 986. The summed E-state index contributed by atoms with van der Waals surface area (Å²) in [6, 6.07) is 1.90. The molecule has 0 fully saturated rings. The highest BCUT2D eigenvalue weighted by atomic mass is 32.1. The number of thiophene rings is 1. The van der Waals surface area contributed by atoms with E-state index in [-0.39, 0.29) is 12.1 Å². The van der Waals surface area contributed by atoms with Crippen molar-refractivity contribution in [3.05, 3.63) is 28.9 Å². The van der Waals surface area contributed by atoms with Crippen LogP contribution in [0.5, 0.6) is 0 Å². The normalized spacial score (nSPS) is 17.2. The van der Waals surface area contributed by atoms with Crippen molar-refractivity contribution in [2.24, 2.45) is 0 Å². The van der Waals surface area contributed by atoms with E-state index in [0.717, 1.165) is 37.1 Å². The van der Waals surface area contributed by atoms with Crippen LogP contribution in [0, 0.1) is 0 Å². The number of hydrogen-bond donors (Lipinski definition) is 1. The van der Waals surface area contributed by atoms with Crippen LogP contribution in [0.1, 0.15) is 44.2 Å². The third-order valence-electron chi connectivity index (χ3n) is 4.55. The molecule has 2 N–H and O–H groups in total. The zero-order valence-electron chi connectivity index (χ0n) is 15.8. The Balaban J connectivity index is 1.70. The van der Waals surface area contributed by atoms with E-state index in [9.17, 15) is 4.79 Å². The first-order valence-electron chi connectivity index (χ1n) is 8.86. The van der Waals surface area contributed by atoms with Crippen molar-refractivity contribution < 1.29 is 9.53 Å². The smallest absolute Gasteiger partial charge is 0.410 e. The van der Waals surface area contributed by atoms with E-state index in [1.807, 2.05) is 33.8 Å². The van der Waals surface area contributed by atoms with Crippen molar-refractivity contribution in [2.75, 3.05) is 12.3 Å². The summed E-state index contributed by atoms with van der Waals surface area (Å²) in [5, 5.41) is 1.68. The molecule has 4 heterocycles. The third-order valence-corrected chi connectivity index (χ3v) is 6.83. The van der Waals surface area contributed by atoms with Crippen molar-refractivity contribution in [1.82, 2.24) is 14.9 Å². The second-order valence-electron chi connectivity index (χ2n) is 7.65. The van der Waals surface area contributed by atoms with Crippen molar-refractivity contribution >= 4 is 44.0 Å². The maximum atomic E-state index is 12.6. The molecule has 1 amide bonds. The number of carbonyl (C=O) groups excluding carboxylic acids is 1. The maximum absolute atomic E-state index is 12.6. The van der Waals surface area contributed by atoms with Crippen LogP contribution in [0.15, 0.2) is 18.5 Å². The van der Waals surface area contributed by atoms with Gasteiger partial charge >= 0.3 is 6.09 Å². The molecule has 1 aliphatic heterocycles. The second-order valence-corrected chi connectivity index (χ2v) is 9.76. The van der Waals surface area contributed by atoms with Gasteiger partial charge in [0, 0.05) is 23.2 Å². The monoisotopic (exact) mass is 402 g/mol. The van der Waals surface area contributed by atoms with Gasteiger partial charge in [-0.05, 0) is 45.7 Å². The van der Waals surface area contributed by atoms with E-state index in [1.165, 1.54) is 5.56 Å². The number of ether oxygens (including phenoxy) is 1. The fraction of sp³-hybridized carbons (Fsp3) is 0.421. The minimum absolute atomic E-state index is 0.0688. The summed E-state index contributed by atoms with van der Waals surface area (Å²) >= 11 is 3.18. The number of anilines is 1. The average molecular weight is 403 g/mol. The molecule has 3 aromatic heterocycles. The van der Waals surface area contributed by atoms with E-state index in [2.05, 4.69) is 4.98 Å². The maximum Gasteiger partial charge on any atom is 0.410 e. The predicted octanol–water partition coefficient (Wildman–Crippen LogP) is 4.86. The van der Waals surface area contributed by atoms with Gasteiger partial charge in [0.25, 0.3) is 0 Å². The number of nitrogens with two attached hydrogens (primary N) is 1. The van der Waals surface area contributed by atoms with Gasteiger partial charge in [-0.3, -0.25) is 4.98 Å². The van der Waals surface area contributed by atoms with Gasteiger partial charge in [0.1, 0.15) is 16.1 Å². The van der Waals surface area contributed by atoms with Gasteiger partial charge in [-0.1, -0.05) is 0 Å². The summed E-state index contributed by atoms with van der Waals surface area (Å²) in [7, 11) is 0. The van der Waals surface area contributed by atoms with Crippen LogP contribution in [-0.4, -0.2) is 33.1 Å². The summed E-state index contributed by atoms with van der Waals surface area (Å²) < 4.78 is 6.66. The average Bonchev–Trinajstić information content (AvgIpc) is 3.13. The lowest BCUT2D eigenvalue weighted by molar-refractivity contribution is 0.0164. The van der Waals surface area contributed by atoms with E-state index in [1.54, 1.807) is 40.0 Å². The molecule has 1 atom stereocenters. The van der Waals surface area contributed by atoms with E-state index < -0.39 is 5.60 Å². The number of fused-ring (bicyclic) bond motifs is 2. The van der Waals surface area contributed by atoms with E-state index in [4.69, 9.17) is 15.5 Å². The number of nitrogens with zero attached hydrogens (tertiary/aromatic N) is 3. The lowest BCUT2D eigenvalue weighted by atomic mass is 9.99. The van der Waals surface area contributed by atoms with Gasteiger partial charge in [0.05, 0.1) is 21.9 Å². The largest absolute Gasteiger partial charge is 0.444 e. The lowest BCUT2D eigenvalue weighted by Crippen LogP contribution is -2.41. The molecule has 0 saturated carbocycles. The molecular weight excluding hydrogens is 380 g/mol. The van der Waals surface area contributed by atoms with Crippen LogP contribution in [0.2, 0.25) is 0 Å². The number of aromatic nitrogens is 2. The summed E-state index contributed by atoms with van der Waals surface area (Å²) in [6.45, 7) is 8.29. The Morgan fingerprint density at radius 2 is 2.15 bits per heavy atom. The number of rotatable bonds is 1. The van der Waals surface area contributed by atoms with E-state index in [0.29, 0.717) is 6.54 Å². The fourth-order valence-corrected chi connectivity index (χ4v) is 5.62. The van der Waals surface area contributed by atoms with Crippen molar-refractivity contribution in [3.8, 4) is 10.6 Å². The summed E-state index contributed by atoms with van der Waals surface area (Å²) in [5.74, 6) is 0. The molecular formula is C19H22N4O2S2. The zero-order valence-corrected chi connectivity index (χ0v) is 17.4. The third kappa shape index (κ3) is 3.27. The van der Waals surface area contributed by atoms with Crippen LogP contribution in [0.25, 0.3) is 20.8 Å². The Morgan fingerprint density at radius 1 is 1.37 bits per heavy atom. The number of amides is 1. The van der Waals surface area contributed by atoms with Gasteiger partial charge in [0.2, 0.25) is 0 Å². The first kappa shape index (κ1) is 18.2. The molecule has 0 aliphatic carbocycles. The summed E-state index contributed by atoms with van der Waals surface area (Å²) in [6.07, 6.45) is 4.02. The Labute approximate surface area is 166 Å². The molecule has 1 aliphatic rings. The molecule has 0 unspecified atom stereocenters. The van der Waals surface area contributed by atoms with Crippen molar-refractivity contribution in [1.29, 1.82) is 0 Å². The molecule has 0 saturated heterocycles. The summed E-state index contributed by atoms with van der Waals surface area (Å²) in [4.78, 5) is 24.4. The minimum Gasteiger partial charge on any atom is -0.444 e. The first-order chi connectivity index (χ1) is 12.7. The molecule has 3 aromatic rings. The Hall–Kier alpha value is -2.19. The van der Waals surface area contributed by atoms with Crippen LogP contribution in [-0.2, 0) is 11.2 Å². The van der Waals surface area contributed by atoms with E-state index >= 15 is 0 Å². The standard InChI is InChI=1S/C19H22N4O2S2/c1-10-15-11(6-8-23(10)18(24)25-19(2,3)4)14(16(20)27-15)17-22-12-9-21-7-5-13(12)26-17/h5,7,9-10H,6,8,20H2,1-4H3/t10-/m0/s1. The first-order valence-corrected chi connectivity index (χ1v) is 10.5. The molecule has 4 rings (SSSR count). The van der Waals surface area contributed by atoms with Crippen molar-refractivity contribution in [3.63, 3.8) is 0 Å². The predicted molar refractivity (Wildman–Crippen MR) is 110 cm³/mol. The number of thiazole rings is 1. The van der Waals surface area contributed by atoms with Gasteiger partial charge in [-0.25, -0.2) is 9.78 Å². The highest BCUT2D eigenvalue weighted by molar-refractivity contribution is 7.22. The summed E-state index contributed by atoms with van der Waals surface area (Å²) in [5.41, 5.74) is 9.00. The molecule has 0 bridgehead atoms. The molecule has 0 aromatic carbocycles. The highest BCUT2D eigenvalue weighted by Gasteiger charge is 2.35. The number of pyridine rings is 1. The molecule has 0 spiro atoms. The quantitative estimate of drug-likeness (QED) is 0.629. The van der Waals surface area contributed by atoms with Crippen LogP contribution in [0.4, 0.5) is 9.80 Å². The van der Waals surface area contributed by atoms with Crippen LogP contribution in [0.3, 0.4) is 0 Å². The topological polar surface area (TPSA) is 81.3 Å². The number of hydrogen-bond acceptors (Lipinski definition) is 7. The Morgan fingerprint density at radius 3 is 2.85 bits per heavy atom. The molecule has 8 heteroatoms. The van der Waals surface area contributed by atoms with Crippen molar-refractivity contribution in [2.45, 2.75) is 45.8 Å². The van der Waals surface area contributed by atoms with Gasteiger partial charge in [-0.2, -0.15) is 0 Å². The van der Waals surface area contributed by atoms with Crippen LogP contribution < -0.4 is 5.73 Å². The second kappa shape index (κ2) is 6.45. The van der Waals surface area contributed by atoms with Gasteiger partial charge < -0.3 is 15.4 Å². The zero-order chi connectivity index (χ0) is 19.3. The van der Waals surface area contributed by atoms with Gasteiger partial charge in [0.15, 0.2) is 0 Å². The molecule has 0 radical (unpaired) electrons. The van der Waals surface area contributed by atoms with Gasteiger partial charge in [-0.15, -0.1) is 22.7 Å². The molecule has 6 nitrogen and oxygen atoms in total. The SMILES string of the molecule is C[C@H]1c2sc(N)c(-c3nc4cnccc4s3)c2CCN1C(=O)OC(C)(C)C. The number of nitrogen functional groups attached to an aromatic ring is 1. The highest BCUT2D eigenvalue weighted by Crippen LogP contribution is 2.47. The molecule has 27 heavy (non-hydrogen) atoms. The lowest BCUT2D eigenvalue weighted by Gasteiger charge is -2.35.